The number of carbonyl (C=O) groups is 2. The molecule has 172 valence electrons. The van der Waals surface area contributed by atoms with E-state index < -0.39 is 0 Å². The predicted octanol–water partition coefficient (Wildman–Crippen LogP) is 3.66. The largest absolute Gasteiger partial charge is 0.347 e. The van der Waals surface area contributed by atoms with Crippen molar-refractivity contribution >= 4 is 39.6 Å². The molecule has 3 heterocycles. The highest BCUT2D eigenvalue weighted by Gasteiger charge is 2.21. The Bertz CT molecular complexity index is 1330. The van der Waals surface area contributed by atoms with Crippen LogP contribution in [0.1, 0.15) is 43.4 Å². The molecule has 2 amide bonds. The molecule has 1 aromatic carbocycles. The van der Waals surface area contributed by atoms with E-state index in [9.17, 15) is 9.59 Å². The summed E-state index contributed by atoms with van der Waals surface area (Å²) < 4.78 is 0. The molecule has 1 unspecified atom stereocenters. The Morgan fingerprint density at radius 2 is 1.97 bits per heavy atom. The topological polar surface area (TPSA) is 123 Å². The number of thiazole rings is 2. The van der Waals surface area contributed by atoms with Crippen LogP contribution in [0.3, 0.4) is 0 Å². The molecule has 1 aliphatic rings. The fourth-order valence-corrected chi connectivity index (χ4v) is 5.63. The molecule has 0 saturated heterocycles. The lowest BCUT2D eigenvalue weighted by atomic mass is 9.99. The fourth-order valence-electron chi connectivity index (χ4n) is 3.72. The van der Waals surface area contributed by atoms with Gasteiger partial charge in [-0.25, -0.2) is 9.97 Å². The number of fused-ring (bicyclic) bond motifs is 1. The van der Waals surface area contributed by atoms with Gasteiger partial charge < -0.3 is 11.1 Å². The molecule has 4 N–H and O–H groups in total. The lowest BCUT2D eigenvalue weighted by molar-refractivity contribution is 0.0946. The maximum Gasteiger partial charge on any atom is 0.271 e. The molecule has 0 fully saturated rings. The lowest BCUT2D eigenvalue weighted by Crippen LogP contribution is -2.27. The number of anilines is 1. The first kappa shape index (κ1) is 22.3. The minimum absolute atomic E-state index is 0.162. The van der Waals surface area contributed by atoms with Crippen molar-refractivity contribution in [3.05, 3.63) is 81.6 Å². The zero-order valence-electron chi connectivity index (χ0n) is 18.2. The third-order valence-corrected chi connectivity index (χ3v) is 7.43. The van der Waals surface area contributed by atoms with E-state index in [-0.39, 0.29) is 24.4 Å². The Morgan fingerprint density at radius 3 is 2.82 bits per heavy atom. The van der Waals surface area contributed by atoms with Gasteiger partial charge in [-0.05, 0) is 49.1 Å². The van der Waals surface area contributed by atoms with Gasteiger partial charge in [0, 0.05) is 46.4 Å². The molecule has 10 heteroatoms. The molecular weight excluding hydrogens is 468 g/mol. The number of nitrogens with one attached hydrogen (secondary N) is 2. The second-order valence-electron chi connectivity index (χ2n) is 8.00. The summed E-state index contributed by atoms with van der Waals surface area (Å²) in [5.74, 6) is -0.497. The summed E-state index contributed by atoms with van der Waals surface area (Å²) in [6.07, 6.45) is 5.96. The molecule has 4 aromatic rings. The Morgan fingerprint density at radius 1 is 1.12 bits per heavy atom. The highest BCUT2D eigenvalue weighted by Crippen LogP contribution is 2.29. The molecular formula is C24H22N6O2S2. The highest BCUT2D eigenvalue weighted by molar-refractivity contribution is 7.16. The van der Waals surface area contributed by atoms with Gasteiger partial charge in [-0.3, -0.25) is 19.9 Å². The number of aryl methyl sites for hydroxylation is 1. The first-order chi connectivity index (χ1) is 16.5. The Labute approximate surface area is 204 Å². The van der Waals surface area contributed by atoms with Gasteiger partial charge in [-0.2, -0.15) is 0 Å². The Kier molecular flexibility index (Phi) is 6.43. The van der Waals surface area contributed by atoms with Crippen LogP contribution in [0, 0.1) is 0 Å². The van der Waals surface area contributed by atoms with Gasteiger partial charge in [0.25, 0.3) is 11.8 Å². The van der Waals surface area contributed by atoms with Crippen LogP contribution in [-0.2, 0) is 19.4 Å². The monoisotopic (exact) mass is 490 g/mol. The van der Waals surface area contributed by atoms with Crippen molar-refractivity contribution in [2.24, 2.45) is 5.73 Å². The first-order valence-electron chi connectivity index (χ1n) is 10.8. The molecule has 5 rings (SSSR count). The van der Waals surface area contributed by atoms with Gasteiger partial charge in [0.2, 0.25) is 0 Å². The molecule has 0 saturated carbocycles. The summed E-state index contributed by atoms with van der Waals surface area (Å²) in [6.45, 7) is 0.283. The van der Waals surface area contributed by atoms with E-state index in [0.717, 1.165) is 46.0 Å². The molecule has 0 radical (unpaired) electrons. The van der Waals surface area contributed by atoms with E-state index in [2.05, 4.69) is 25.6 Å². The summed E-state index contributed by atoms with van der Waals surface area (Å²) >= 11 is 2.89. The number of hydrogen-bond acceptors (Lipinski definition) is 8. The van der Waals surface area contributed by atoms with Crippen LogP contribution in [0.25, 0.3) is 10.6 Å². The van der Waals surface area contributed by atoms with Crippen molar-refractivity contribution in [3.63, 3.8) is 0 Å². The maximum atomic E-state index is 12.8. The van der Waals surface area contributed by atoms with E-state index in [1.807, 2.05) is 18.2 Å². The molecule has 34 heavy (non-hydrogen) atoms. The first-order valence-corrected chi connectivity index (χ1v) is 12.5. The number of rotatable bonds is 6. The zero-order chi connectivity index (χ0) is 23.5. The van der Waals surface area contributed by atoms with E-state index in [0.29, 0.717) is 16.4 Å². The van der Waals surface area contributed by atoms with Gasteiger partial charge in [0.05, 0.1) is 5.69 Å². The van der Waals surface area contributed by atoms with Crippen molar-refractivity contribution in [1.29, 1.82) is 0 Å². The number of carbonyl (C=O) groups excluding carboxylic acids is 2. The number of benzene rings is 1. The number of aromatic nitrogens is 3. The van der Waals surface area contributed by atoms with Crippen LogP contribution in [0.2, 0.25) is 0 Å². The smallest absolute Gasteiger partial charge is 0.271 e. The van der Waals surface area contributed by atoms with E-state index in [1.165, 1.54) is 22.7 Å². The number of nitrogens with two attached hydrogens (primary N) is 1. The van der Waals surface area contributed by atoms with Crippen LogP contribution < -0.4 is 16.4 Å². The normalized spacial score (nSPS) is 14.9. The number of amides is 2. The molecule has 8 nitrogen and oxygen atoms in total. The summed E-state index contributed by atoms with van der Waals surface area (Å²) in [7, 11) is 0. The zero-order valence-corrected chi connectivity index (χ0v) is 19.8. The second kappa shape index (κ2) is 9.80. The third-order valence-electron chi connectivity index (χ3n) is 5.50. The van der Waals surface area contributed by atoms with Gasteiger partial charge in [0.1, 0.15) is 10.7 Å². The minimum atomic E-state index is -0.266. The Balaban J connectivity index is 1.20. The predicted molar refractivity (Wildman–Crippen MR) is 133 cm³/mol. The molecule has 1 atom stereocenters. The number of pyridine rings is 1. The molecule has 0 spiro atoms. The number of hydrogen-bond donors (Lipinski definition) is 3. The summed E-state index contributed by atoms with van der Waals surface area (Å²) in [6, 6.07) is 11.0. The van der Waals surface area contributed by atoms with E-state index in [1.54, 1.807) is 36.0 Å². The van der Waals surface area contributed by atoms with Crippen molar-refractivity contribution in [2.75, 3.05) is 5.32 Å². The van der Waals surface area contributed by atoms with Gasteiger partial charge in [-0.15, -0.1) is 22.7 Å². The quantitative estimate of drug-likeness (QED) is 0.379. The average molecular weight is 491 g/mol. The van der Waals surface area contributed by atoms with Crippen LogP contribution in [-0.4, -0.2) is 32.8 Å². The summed E-state index contributed by atoms with van der Waals surface area (Å²) in [4.78, 5) is 39.5. The minimum Gasteiger partial charge on any atom is -0.347 e. The Hall–Kier alpha value is -3.47. The molecule has 1 aliphatic carbocycles. The van der Waals surface area contributed by atoms with Crippen LogP contribution in [0.15, 0.2) is 54.2 Å². The van der Waals surface area contributed by atoms with Crippen molar-refractivity contribution in [1.82, 2.24) is 20.3 Å². The molecule has 0 bridgehead atoms. The van der Waals surface area contributed by atoms with Crippen LogP contribution >= 0.6 is 22.7 Å². The van der Waals surface area contributed by atoms with Crippen LogP contribution in [0.5, 0.6) is 0 Å². The van der Waals surface area contributed by atoms with Gasteiger partial charge in [0.15, 0.2) is 5.13 Å². The van der Waals surface area contributed by atoms with Crippen molar-refractivity contribution < 1.29 is 9.59 Å². The van der Waals surface area contributed by atoms with Gasteiger partial charge in [-0.1, -0.05) is 12.1 Å². The van der Waals surface area contributed by atoms with E-state index >= 15 is 0 Å². The molecule has 3 aromatic heterocycles. The maximum absolute atomic E-state index is 12.8. The standard InChI is InChI=1S/C24H22N6O2S2/c25-17-4-5-18-20(11-17)34-24(29-18)30-21(31)16-3-1-2-14(10-16)12-27-22(32)19-13-33-23(28-19)15-6-8-26-9-7-15/h1-3,6-10,13,17H,4-5,11-12,25H2,(H,27,32)(H,29,30,31). The van der Waals surface area contributed by atoms with Crippen molar-refractivity contribution in [3.8, 4) is 10.6 Å². The SMILES string of the molecule is NC1CCc2nc(NC(=O)c3cccc(CNC(=O)c4csc(-c5ccncc5)n4)c3)sc2C1. The molecule has 0 aliphatic heterocycles. The van der Waals surface area contributed by atoms with E-state index in [4.69, 9.17) is 5.73 Å². The average Bonchev–Trinajstić information content (AvgIpc) is 3.50. The highest BCUT2D eigenvalue weighted by atomic mass is 32.1. The summed E-state index contributed by atoms with van der Waals surface area (Å²) in [5.41, 5.74) is 9.67. The number of nitrogens with zero attached hydrogens (tertiary/aromatic N) is 3. The van der Waals surface area contributed by atoms with Gasteiger partial charge >= 0.3 is 0 Å². The third kappa shape index (κ3) is 5.04. The fraction of sp³-hybridized carbons (Fsp3) is 0.208. The van der Waals surface area contributed by atoms with Crippen LogP contribution in [0.4, 0.5) is 5.13 Å². The second-order valence-corrected chi connectivity index (χ2v) is 9.94. The van der Waals surface area contributed by atoms with Crippen molar-refractivity contribution in [2.45, 2.75) is 31.8 Å². The lowest BCUT2D eigenvalue weighted by Gasteiger charge is -2.15. The summed E-state index contributed by atoms with van der Waals surface area (Å²) in [5, 5.41) is 8.85.